The summed E-state index contributed by atoms with van der Waals surface area (Å²) in [5.41, 5.74) is 1.38. The third-order valence-corrected chi connectivity index (χ3v) is 3.40. The van der Waals surface area contributed by atoms with Gasteiger partial charge in [0.1, 0.15) is 0 Å². The molecule has 0 amide bonds. The van der Waals surface area contributed by atoms with Crippen LogP contribution in [-0.4, -0.2) is 30.7 Å². The van der Waals surface area contributed by atoms with Crippen LogP contribution in [0, 0.1) is 0 Å². The summed E-state index contributed by atoms with van der Waals surface area (Å²) < 4.78 is 0. The average Bonchev–Trinajstić information content (AvgIpc) is 2.78. The Bertz CT molecular complexity index is 297. The van der Waals surface area contributed by atoms with Crippen LogP contribution in [0.4, 0.5) is 5.69 Å². The molecule has 2 heterocycles. The zero-order chi connectivity index (χ0) is 9.38. The molecule has 2 aliphatic heterocycles. The minimum atomic E-state index is 0.829. The Morgan fingerprint density at radius 3 is 2.79 bits per heavy atom. The monoisotopic (exact) mass is 188 g/mol. The van der Waals surface area contributed by atoms with Gasteiger partial charge in [0.05, 0.1) is 6.67 Å². The van der Waals surface area contributed by atoms with Crippen LogP contribution < -0.4 is 4.90 Å². The molecule has 0 radical (unpaired) electrons. The molecule has 2 aliphatic rings. The lowest BCUT2D eigenvalue weighted by Crippen LogP contribution is -2.25. The first-order valence-corrected chi connectivity index (χ1v) is 5.47. The molecule has 0 aromatic heterocycles. The topological polar surface area (TPSA) is 6.48 Å². The third kappa shape index (κ3) is 1.30. The number of hydrogen-bond acceptors (Lipinski definition) is 2. The van der Waals surface area contributed by atoms with Gasteiger partial charge in [0.15, 0.2) is 0 Å². The number of anilines is 1. The molecule has 2 saturated heterocycles. The standard InChI is InChI=1S/C12H16N2/c1-2-5-11(6-3-1)14-9-12-7-4-8-13(12)10-14/h1-3,5-6,12H,4,7-10H2/t12-/m0/s1. The van der Waals surface area contributed by atoms with Crippen LogP contribution in [0.5, 0.6) is 0 Å². The summed E-state index contributed by atoms with van der Waals surface area (Å²) in [6.07, 6.45) is 2.79. The van der Waals surface area contributed by atoms with Crippen molar-refractivity contribution in [3.05, 3.63) is 30.3 Å². The highest BCUT2D eigenvalue weighted by atomic mass is 15.4. The van der Waals surface area contributed by atoms with Crippen LogP contribution in [-0.2, 0) is 0 Å². The molecule has 0 unspecified atom stereocenters. The highest BCUT2D eigenvalue weighted by Gasteiger charge is 2.33. The zero-order valence-corrected chi connectivity index (χ0v) is 8.39. The van der Waals surface area contributed by atoms with Crippen molar-refractivity contribution in [2.24, 2.45) is 0 Å². The van der Waals surface area contributed by atoms with E-state index in [0.29, 0.717) is 0 Å². The largest absolute Gasteiger partial charge is 0.357 e. The number of benzene rings is 1. The predicted molar refractivity (Wildman–Crippen MR) is 58.4 cm³/mol. The Balaban J connectivity index is 1.77. The highest BCUT2D eigenvalue weighted by molar-refractivity contribution is 5.47. The maximum Gasteiger partial charge on any atom is 0.0710 e. The molecule has 14 heavy (non-hydrogen) atoms. The van der Waals surface area contributed by atoms with Crippen molar-refractivity contribution in [3.8, 4) is 0 Å². The fraction of sp³-hybridized carbons (Fsp3) is 0.500. The molecule has 3 rings (SSSR count). The van der Waals surface area contributed by atoms with Gasteiger partial charge < -0.3 is 4.90 Å². The van der Waals surface area contributed by atoms with Gasteiger partial charge in [0, 0.05) is 24.8 Å². The summed E-state index contributed by atoms with van der Waals surface area (Å²) in [6, 6.07) is 11.6. The van der Waals surface area contributed by atoms with E-state index in [0.717, 1.165) is 12.7 Å². The quantitative estimate of drug-likeness (QED) is 0.664. The molecule has 0 spiro atoms. The van der Waals surface area contributed by atoms with Crippen LogP contribution in [0.2, 0.25) is 0 Å². The van der Waals surface area contributed by atoms with Crippen molar-refractivity contribution in [1.82, 2.24) is 4.90 Å². The van der Waals surface area contributed by atoms with Gasteiger partial charge in [0.25, 0.3) is 0 Å². The van der Waals surface area contributed by atoms with E-state index >= 15 is 0 Å². The van der Waals surface area contributed by atoms with Crippen LogP contribution in [0.25, 0.3) is 0 Å². The van der Waals surface area contributed by atoms with E-state index in [1.807, 2.05) is 0 Å². The Labute approximate surface area is 85.1 Å². The summed E-state index contributed by atoms with van der Waals surface area (Å²) in [6.45, 7) is 3.66. The molecule has 0 N–H and O–H groups in total. The molecule has 1 aromatic carbocycles. The summed E-state index contributed by atoms with van der Waals surface area (Å²) in [4.78, 5) is 5.09. The maximum atomic E-state index is 2.60. The molecule has 1 atom stereocenters. The molecular weight excluding hydrogens is 172 g/mol. The molecule has 0 bridgehead atoms. The number of hydrogen-bond donors (Lipinski definition) is 0. The number of nitrogens with zero attached hydrogens (tertiary/aromatic N) is 2. The summed E-state index contributed by atoms with van der Waals surface area (Å²) in [7, 11) is 0. The average molecular weight is 188 g/mol. The second-order valence-corrected chi connectivity index (χ2v) is 4.31. The number of para-hydroxylation sites is 1. The Morgan fingerprint density at radius 2 is 2.00 bits per heavy atom. The lowest BCUT2D eigenvalue weighted by atomic mass is 10.2. The first-order chi connectivity index (χ1) is 6.93. The predicted octanol–water partition coefficient (Wildman–Crippen LogP) is 1.93. The van der Waals surface area contributed by atoms with Crippen LogP contribution in [0.3, 0.4) is 0 Å². The molecule has 0 saturated carbocycles. The van der Waals surface area contributed by atoms with Crippen molar-refractivity contribution < 1.29 is 0 Å². The lowest BCUT2D eigenvalue weighted by molar-refractivity contribution is 0.330. The summed E-state index contributed by atoms with van der Waals surface area (Å²) in [5.74, 6) is 0. The fourth-order valence-corrected chi connectivity index (χ4v) is 2.65. The normalized spacial score (nSPS) is 26.9. The number of rotatable bonds is 1. The molecule has 0 aliphatic carbocycles. The minimum absolute atomic E-state index is 0.829. The second kappa shape index (κ2) is 3.28. The smallest absolute Gasteiger partial charge is 0.0710 e. The SMILES string of the molecule is c1ccc(N2C[C@@H]3CCCN3C2)cc1. The van der Waals surface area contributed by atoms with E-state index in [-0.39, 0.29) is 0 Å². The van der Waals surface area contributed by atoms with E-state index in [9.17, 15) is 0 Å². The Kier molecular flexibility index (Phi) is 1.95. The van der Waals surface area contributed by atoms with Gasteiger partial charge in [0.2, 0.25) is 0 Å². The van der Waals surface area contributed by atoms with Gasteiger partial charge in [-0.15, -0.1) is 0 Å². The van der Waals surface area contributed by atoms with Crippen molar-refractivity contribution in [2.75, 3.05) is 24.7 Å². The molecule has 2 fully saturated rings. The van der Waals surface area contributed by atoms with E-state index in [4.69, 9.17) is 0 Å². The van der Waals surface area contributed by atoms with Crippen molar-refractivity contribution in [2.45, 2.75) is 18.9 Å². The molecule has 1 aromatic rings. The Hall–Kier alpha value is -1.02. The van der Waals surface area contributed by atoms with Gasteiger partial charge in [-0.25, -0.2) is 0 Å². The molecule has 74 valence electrons. The highest BCUT2D eigenvalue weighted by Crippen LogP contribution is 2.27. The van der Waals surface area contributed by atoms with Crippen molar-refractivity contribution in [1.29, 1.82) is 0 Å². The van der Waals surface area contributed by atoms with Gasteiger partial charge in [-0.1, -0.05) is 18.2 Å². The minimum Gasteiger partial charge on any atom is -0.357 e. The number of fused-ring (bicyclic) bond motifs is 1. The maximum absolute atomic E-state index is 2.60. The van der Waals surface area contributed by atoms with E-state index < -0.39 is 0 Å². The van der Waals surface area contributed by atoms with Gasteiger partial charge >= 0.3 is 0 Å². The van der Waals surface area contributed by atoms with E-state index in [1.165, 1.54) is 31.6 Å². The van der Waals surface area contributed by atoms with Crippen molar-refractivity contribution >= 4 is 5.69 Å². The van der Waals surface area contributed by atoms with Gasteiger partial charge in [-0.3, -0.25) is 4.90 Å². The van der Waals surface area contributed by atoms with Gasteiger partial charge in [-0.2, -0.15) is 0 Å². The third-order valence-electron chi connectivity index (χ3n) is 3.40. The summed E-state index contributed by atoms with van der Waals surface area (Å²) >= 11 is 0. The molecule has 2 nitrogen and oxygen atoms in total. The zero-order valence-electron chi connectivity index (χ0n) is 8.39. The summed E-state index contributed by atoms with van der Waals surface area (Å²) in [5, 5.41) is 0. The first-order valence-electron chi connectivity index (χ1n) is 5.47. The first kappa shape index (κ1) is 8.30. The van der Waals surface area contributed by atoms with Gasteiger partial charge in [-0.05, 0) is 25.0 Å². The van der Waals surface area contributed by atoms with E-state index in [2.05, 4.69) is 40.1 Å². The van der Waals surface area contributed by atoms with Crippen LogP contribution >= 0.6 is 0 Å². The van der Waals surface area contributed by atoms with Crippen LogP contribution in [0.1, 0.15) is 12.8 Å². The molecule has 2 heteroatoms. The van der Waals surface area contributed by atoms with Crippen LogP contribution in [0.15, 0.2) is 30.3 Å². The molecular formula is C12H16N2. The van der Waals surface area contributed by atoms with E-state index in [1.54, 1.807) is 0 Å². The Morgan fingerprint density at radius 1 is 1.14 bits per heavy atom. The lowest BCUT2D eigenvalue weighted by Gasteiger charge is -2.18. The van der Waals surface area contributed by atoms with Crippen molar-refractivity contribution in [3.63, 3.8) is 0 Å². The second-order valence-electron chi connectivity index (χ2n) is 4.31. The fourth-order valence-electron chi connectivity index (χ4n) is 2.65.